The van der Waals surface area contributed by atoms with E-state index in [1.54, 1.807) is 19.4 Å². The molecule has 0 amide bonds. The first-order valence-electron chi connectivity index (χ1n) is 14.5. The van der Waals surface area contributed by atoms with Crippen LogP contribution in [0.4, 0.5) is 0 Å². The average Bonchev–Trinajstić information content (AvgIpc) is 2.99. The van der Waals surface area contributed by atoms with Crippen LogP contribution >= 0.6 is 0 Å². The van der Waals surface area contributed by atoms with Crippen molar-refractivity contribution >= 4 is 14.3 Å². The molecule has 0 bridgehead atoms. The summed E-state index contributed by atoms with van der Waals surface area (Å²) < 4.78 is 12.1. The lowest BCUT2D eigenvalue weighted by Gasteiger charge is -2.59. The van der Waals surface area contributed by atoms with Crippen LogP contribution in [0.1, 0.15) is 93.4 Å². The number of rotatable bonds is 5. The van der Waals surface area contributed by atoms with E-state index in [1.807, 2.05) is 0 Å². The number of carbonyl (C=O) groups is 1. The molecule has 206 valence electrons. The summed E-state index contributed by atoms with van der Waals surface area (Å²) in [6.45, 7) is 20.1. The highest BCUT2D eigenvalue weighted by atomic mass is 28.4. The molecule has 0 radical (unpaired) electrons. The summed E-state index contributed by atoms with van der Waals surface area (Å²) >= 11 is 0. The van der Waals surface area contributed by atoms with Crippen molar-refractivity contribution < 1.29 is 24.2 Å². The van der Waals surface area contributed by atoms with Crippen molar-refractivity contribution in [3.05, 3.63) is 11.6 Å². The van der Waals surface area contributed by atoms with E-state index in [0.29, 0.717) is 24.4 Å². The van der Waals surface area contributed by atoms with Gasteiger partial charge in [-0.1, -0.05) is 46.3 Å². The zero-order chi connectivity index (χ0) is 26.9. The van der Waals surface area contributed by atoms with Gasteiger partial charge in [0, 0.05) is 11.5 Å². The van der Waals surface area contributed by atoms with Gasteiger partial charge in [-0.15, -0.1) is 0 Å². The smallest absolute Gasteiger partial charge is 0.311 e. The van der Waals surface area contributed by atoms with E-state index in [1.165, 1.54) is 0 Å². The van der Waals surface area contributed by atoms with Crippen LogP contribution in [0.3, 0.4) is 0 Å². The Labute approximate surface area is 220 Å². The lowest BCUT2D eigenvalue weighted by atomic mass is 9.46. The fraction of sp³-hybridized carbons (Fsp3) is 0.900. The van der Waals surface area contributed by atoms with Crippen LogP contribution in [0, 0.1) is 34.5 Å². The Hall–Kier alpha value is -0.693. The molecule has 9 atom stereocenters. The maximum absolute atomic E-state index is 12.7. The number of allylic oxidation sites excluding steroid dienone is 1. The minimum absolute atomic E-state index is 0.163. The molecule has 0 aliphatic heterocycles. The third kappa shape index (κ3) is 4.08. The number of hydrogen-bond donors (Lipinski definition) is 2. The van der Waals surface area contributed by atoms with E-state index >= 15 is 0 Å². The van der Waals surface area contributed by atoms with Crippen LogP contribution in [-0.2, 0) is 14.0 Å². The predicted molar refractivity (Wildman–Crippen MR) is 146 cm³/mol. The van der Waals surface area contributed by atoms with Crippen LogP contribution in [0.5, 0.6) is 0 Å². The minimum atomic E-state index is -1.81. The first-order valence-corrected chi connectivity index (χ1v) is 17.4. The normalized spacial score (nSPS) is 43.6. The van der Waals surface area contributed by atoms with Gasteiger partial charge in [-0.3, -0.25) is 4.79 Å². The van der Waals surface area contributed by atoms with Gasteiger partial charge in [0.05, 0.1) is 18.6 Å². The van der Waals surface area contributed by atoms with Gasteiger partial charge < -0.3 is 19.4 Å². The number of aliphatic hydroxyl groups excluding tert-OH is 1. The Kier molecular flexibility index (Phi) is 7.24. The molecule has 4 aliphatic rings. The highest BCUT2D eigenvalue weighted by Gasteiger charge is 2.69. The van der Waals surface area contributed by atoms with Crippen LogP contribution < -0.4 is 0 Å². The Bertz CT molecular complexity index is 892. The predicted octanol–water partition coefficient (Wildman–Crippen LogP) is 6.24. The number of fused-ring (bicyclic) bond motifs is 5. The fourth-order valence-corrected chi connectivity index (χ4v) is 9.99. The topological polar surface area (TPSA) is 76.0 Å². The number of carbonyl (C=O) groups excluding carboxylic acids is 1. The molecule has 0 spiro atoms. The van der Waals surface area contributed by atoms with Crippen molar-refractivity contribution in [2.45, 2.75) is 129 Å². The Balaban J connectivity index is 1.57. The summed E-state index contributed by atoms with van der Waals surface area (Å²) in [7, 11) is -1.81. The van der Waals surface area contributed by atoms with E-state index in [-0.39, 0.29) is 23.0 Å². The molecular formula is C30H52O5Si. The SMILES string of the molecule is CCOC(=O)[C@@H](C)[C@@]1(O)[C@H](O)C[C@H]2[C@@H]3CC=C4C[C@@H](O[Si](C)(C)C(C)(C)C)CC[C@]4(C)[C@H]3CC[C@@]21C. The van der Waals surface area contributed by atoms with Gasteiger partial charge >= 0.3 is 5.97 Å². The summed E-state index contributed by atoms with van der Waals surface area (Å²) in [5.74, 6) is 0.0299. The van der Waals surface area contributed by atoms with Gasteiger partial charge in [0.25, 0.3) is 0 Å². The minimum Gasteiger partial charge on any atom is -0.466 e. The molecular weight excluding hydrogens is 468 g/mol. The summed E-state index contributed by atoms with van der Waals surface area (Å²) in [4.78, 5) is 12.7. The van der Waals surface area contributed by atoms with Gasteiger partial charge in [0.2, 0.25) is 0 Å². The molecule has 0 unspecified atom stereocenters. The molecule has 4 aliphatic carbocycles. The molecule has 0 heterocycles. The van der Waals surface area contributed by atoms with Gasteiger partial charge in [-0.05, 0) is 100 Å². The molecule has 3 fully saturated rings. The molecule has 5 nitrogen and oxygen atoms in total. The summed E-state index contributed by atoms with van der Waals surface area (Å²) in [6, 6.07) is 0. The lowest BCUT2D eigenvalue weighted by Crippen LogP contribution is -2.60. The zero-order valence-corrected chi connectivity index (χ0v) is 25.3. The number of esters is 1. The molecule has 6 heteroatoms. The zero-order valence-electron chi connectivity index (χ0n) is 24.3. The average molecular weight is 521 g/mol. The quantitative estimate of drug-likeness (QED) is 0.255. The maximum atomic E-state index is 12.7. The van der Waals surface area contributed by atoms with E-state index < -0.39 is 37.3 Å². The van der Waals surface area contributed by atoms with Crippen molar-refractivity contribution in [2.75, 3.05) is 6.61 Å². The molecule has 3 saturated carbocycles. The van der Waals surface area contributed by atoms with Crippen molar-refractivity contribution in [1.82, 2.24) is 0 Å². The Morgan fingerprint density at radius 3 is 2.47 bits per heavy atom. The second-order valence-corrected chi connectivity index (χ2v) is 19.3. The monoisotopic (exact) mass is 520 g/mol. The Morgan fingerprint density at radius 2 is 1.86 bits per heavy atom. The second-order valence-electron chi connectivity index (χ2n) is 14.5. The highest BCUT2D eigenvalue weighted by molar-refractivity contribution is 6.74. The van der Waals surface area contributed by atoms with E-state index in [2.05, 4.69) is 53.8 Å². The summed E-state index contributed by atoms with van der Waals surface area (Å²) in [6.07, 6.45) is 8.64. The van der Waals surface area contributed by atoms with Gasteiger partial charge in [-0.25, -0.2) is 0 Å². The summed E-state index contributed by atoms with van der Waals surface area (Å²) in [5.41, 5.74) is -0.204. The second kappa shape index (κ2) is 9.20. The largest absolute Gasteiger partial charge is 0.466 e. The number of hydrogen-bond acceptors (Lipinski definition) is 5. The molecule has 0 aromatic carbocycles. The Morgan fingerprint density at radius 1 is 1.19 bits per heavy atom. The lowest BCUT2D eigenvalue weighted by molar-refractivity contribution is -0.196. The molecule has 36 heavy (non-hydrogen) atoms. The van der Waals surface area contributed by atoms with Crippen molar-refractivity contribution in [2.24, 2.45) is 34.5 Å². The van der Waals surface area contributed by atoms with Gasteiger partial charge in [0.1, 0.15) is 5.60 Å². The van der Waals surface area contributed by atoms with Crippen LogP contribution in [0.15, 0.2) is 11.6 Å². The first-order chi connectivity index (χ1) is 16.5. The van der Waals surface area contributed by atoms with Crippen molar-refractivity contribution in [3.63, 3.8) is 0 Å². The van der Waals surface area contributed by atoms with E-state index in [9.17, 15) is 15.0 Å². The van der Waals surface area contributed by atoms with E-state index in [0.717, 1.165) is 38.5 Å². The van der Waals surface area contributed by atoms with Crippen LogP contribution in [-0.4, -0.2) is 48.9 Å². The summed E-state index contributed by atoms with van der Waals surface area (Å²) in [5, 5.41) is 23.5. The highest BCUT2D eigenvalue weighted by Crippen LogP contribution is 2.68. The third-order valence-corrected chi connectivity index (χ3v) is 16.5. The van der Waals surface area contributed by atoms with Gasteiger partial charge in [-0.2, -0.15) is 0 Å². The molecule has 0 aromatic heterocycles. The van der Waals surface area contributed by atoms with Crippen molar-refractivity contribution in [3.8, 4) is 0 Å². The molecule has 4 rings (SSSR count). The van der Waals surface area contributed by atoms with Crippen molar-refractivity contribution in [1.29, 1.82) is 0 Å². The third-order valence-electron chi connectivity index (χ3n) is 11.9. The van der Waals surface area contributed by atoms with Crippen LogP contribution in [0.25, 0.3) is 0 Å². The molecule has 2 N–H and O–H groups in total. The fourth-order valence-electron chi connectivity index (χ4n) is 8.60. The van der Waals surface area contributed by atoms with Crippen LogP contribution in [0.2, 0.25) is 18.1 Å². The first kappa shape index (κ1) is 28.3. The standard InChI is InChI=1S/C30H52O5Si/c1-10-34-26(32)19(2)30(33)25(31)18-24-22-12-11-20-17-21(35-36(8,9)27(3,4)5)13-15-28(20,6)23(22)14-16-29(24,30)7/h11,19,21-25,31,33H,10,12-18H2,1-9H3/t19-,21+,22-,23+,24+,25-,28+,29+,30-/m1/s1. The molecule has 0 saturated heterocycles. The number of aliphatic hydroxyl groups is 2. The maximum Gasteiger partial charge on any atom is 0.311 e. The molecule has 0 aromatic rings. The van der Waals surface area contributed by atoms with Gasteiger partial charge in [0.15, 0.2) is 8.32 Å². The number of ether oxygens (including phenoxy) is 1. The van der Waals surface area contributed by atoms with E-state index in [4.69, 9.17) is 9.16 Å².